The molecule has 0 fully saturated rings. The highest BCUT2D eigenvalue weighted by Gasteiger charge is 2.16. The molecule has 2 heterocycles. The molecule has 2 aromatic heterocycles. The van der Waals surface area contributed by atoms with Crippen LogP contribution in [-0.2, 0) is 0 Å². The van der Waals surface area contributed by atoms with Crippen LogP contribution in [0.5, 0.6) is 0 Å². The molecule has 0 bridgehead atoms. The lowest BCUT2D eigenvalue weighted by atomic mass is 10.1. The maximum atomic E-state index is 2.39. The van der Waals surface area contributed by atoms with Crippen LogP contribution in [0.1, 0.15) is 18.2 Å². The van der Waals surface area contributed by atoms with Gasteiger partial charge in [-0.3, -0.25) is 0 Å². The summed E-state index contributed by atoms with van der Waals surface area (Å²) in [5.41, 5.74) is 8.61. The highest BCUT2D eigenvalue weighted by molar-refractivity contribution is 6.10. The Kier molecular flexibility index (Phi) is 4.26. The van der Waals surface area contributed by atoms with Gasteiger partial charge in [-0.15, -0.1) is 0 Å². The summed E-state index contributed by atoms with van der Waals surface area (Å²) in [5.74, 6) is 0. The Morgan fingerprint density at radius 3 is 1.94 bits per heavy atom. The second-order valence-corrected chi connectivity index (χ2v) is 8.25. The summed E-state index contributed by atoms with van der Waals surface area (Å²) < 4.78 is 4.75. The molecule has 0 amide bonds. The molecule has 0 saturated heterocycles. The standard InChI is InChI=1S/C30H24N2/c1-3-11-27-21(2)24-14-7-9-16-28(24)32(27)23-18-19-30-26(20-23)25-15-8-10-17-29(25)31(30)22-12-5-4-6-13-22/h3-20H,1-2H3/b11-3-. The molecule has 32 heavy (non-hydrogen) atoms. The monoisotopic (exact) mass is 412 g/mol. The van der Waals surface area contributed by atoms with E-state index in [-0.39, 0.29) is 0 Å². The van der Waals surface area contributed by atoms with Gasteiger partial charge in [0, 0.05) is 33.2 Å². The molecule has 0 aliphatic rings. The number of rotatable bonds is 3. The third-order valence-corrected chi connectivity index (χ3v) is 6.43. The summed E-state index contributed by atoms with van der Waals surface area (Å²) in [6.07, 6.45) is 4.34. The number of hydrogen-bond donors (Lipinski definition) is 0. The molecular formula is C30H24N2. The molecule has 0 saturated carbocycles. The van der Waals surface area contributed by atoms with Crippen LogP contribution in [0.25, 0.3) is 50.2 Å². The van der Waals surface area contributed by atoms with E-state index in [1.807, 2.05) is 0 Å². The Labute approximate surface area is 187 Å². The number of benzene rings is 4. The van der Waals surface area contributed by atoms with Crippen molar-refractivity contribution in [3.05, 3.63) is 114 Å². The molecule has 0 aliphatic heterocycles. The topological polar surface area (TPSA) is 9.86 Å². The second-order valence-electron chi connectivity index (χ2n) is 8.25. The van der Waals surface area contributed by atoms with Crippen molar-refractivity contribution in [2.24, 2.45) is 0 Å². The van der Waals surface area contributed by atoms with E-state index in [0.29, 0.717) is 0 Å². The molecule has 0 radical (unpaired) electrons. The minimum atomic E-state index is 1.18. The average Bonchev–Trinajstić information content (AvgIpc) is 3.32. The van der Waals surface area contributed by atoms with E-state index in [9.17, 15) is 0 Å². The van der Waals surface area contributed by atoms with Gasteiger partial charge in [-0.05, 0) is 68.0 Å². The molecule has 4 aromatic carbocycles. The summed E-state index contributed by atoms with van der Waals surface area (Å²) in [5, 5.41) is 3.84. The van der Waals surface area contributed by atoms with Gasteiger partial charge < -0.3 is 9.13 Å². The van der Waals surface area contributed by atoms with E-state index in [1.165, 1.54) is 55.3 Å². The molecular weight excluding hydrogens is 388 g/mol. The van der Waals surface area contributed by atoms with Crippen LogP contribution in [0.4, 0.5) is 0 Å². The Morgan fingerprint density at radius 2 is 1.19 bits per heavy atom. The van der Waals surface area contributed by atoms with Crippen LogP contribution >= 0.6 is 0 Å². The van der Waals surface area contributed by atoms with Gasteiger partial charge in [-0.25, -0.2) is 0 Å². The fourth-order valence-electron chi connectivity index (χ4n) is 5.01. The van der Waals surface area contributed by atoms with Crippen molar-refractivity contribution in [3.63, 3.8) is 0 Å². The Hall–Kier alpha value is -4.04. The minimum Gasteiger partial charge on any atom is -0.310 e. The Morgan fingerprint density at radius 1 is 0.562 bits per heavy atom. The van der Waals surface area contributed by atoms with Gasteiger partial charge in [0.1, 0.15) is 0 Å². The highest BCUT2D eigenvalue weighted by atomic mass is 15.0. The van der Waals surface area contributed by atoms with E-state index < -0.39 is 0 Å². The van der Waals surface area contributed by atoms with E-state index in [0.717, 1.165) is 0 Å². The van der Waals surface area contributed by atoms with E-state index in [2.05, 4.69) is 132 Å². The lowest BCUT2D eigenvalue weighted by Crippen LogP contribution is -1.98. The average molecular weight is 413 g/mol. The SMILES string of the molecule is C/C=C\c1c(C)c2ccccc2n1-c1ccc2c(c1)c1ccccc1n2-c1ccccc1. The minimum absolute atomic E-state index is 1.18. The van der Waals surface area contributed by atoms with Crippen molar-refractivity contribution in [2.75, 3.05) is 0 Å². The van der Waals surface area contributed by atoms with Crippen LogP contribution in [0, 0.1) is 6.92 Å². The summed E-state index contributed by atoms with van der Waals surface area (Å²) in [6, 6.07) is 34.8. The van der Waals surface area contributed by atoms with E-state index >= 15 is 0 Å². The summed E-state index contributed by atoms with van der Waals surface area (Å²) in [7, 11) is 0. The van der Waals surface area contributed by atoms with Gasteiger partial charge in [-0.2, -0.15) is 0 Å². The molecule has 0 spiro atoms. The van der Waals surface area contributed by atoms with Gasteiger partial charge in [0.05, 0.1) is 16.6 Å². The van der Waals surface area contributed by atoms with Crippen molar-refractivity contribution in [3.8, 4) is 11.4 Å². The Bertz CT molecular complexity index is 1630. The number of hydrogen-bond acceptors (Lipinski definition) is 0. The zero-order valence-electron chi connectivity index (χ0n) is 18.3. The first-order valence-electron chi connectivity index (χ1n) is 11.1. The summed E-state index contributed by atoms with van der Waals surface area (Å²) >= 11 is 0. The molecule has 0 aliphatic carbocycles. The first-order valence-corrected chi connectivity index (χ1v) is 11.1. The number of fused-ring (bicyclic) bond motifs is 4. The number of allylic oxidation sites excluding steroid dienone is 1. The molecule has 0 unspecified atom stereocenters. The summed E-state index contributed by atoms with van der Waals surface area (Å²) in [4.78, 5) is 0. The zero-order valence-corrected chi connectivity index (χ0v) is 18.3. The normalized spacial score (nSPS) is 11.9. The van der Waals surface area contributed by atoms with Crippen LogP contribution in [-0.4, -0.2) is 9.13 Å². The molecule has 6 rings (SSSR count). The first kappa shape index (κ1) is 18.7. The van der Waals surface area contributed by atoms with E-state index in [1.54, 1.807) is 0 Å². The molecule has 154 valence electrons. The van der Waals surface area contributed by atoms with Crippen LogP contribution in [0.3, 0.4) is 0 Å². The van der Waals surface area contributed by atoms with Gasteiger partial charge >= 0.3 is 0 Å². The third kappa shape index (κ3) is 2.66. The summed E-state index contributed by atoms with van der Waals surface area (Å²) in [6.45, 7) is 4.30. The fraction of sp³-hybridized carbons (Fsp3) is 0.0667. The molecule has 2 nitrogen and oxygen atoms in total. The number of aromatic nitrogens is 2. The quantitative estimate of drug-likeness (QED) is 0.278. The third-order valence-electron chi connectivity index (χ3n) is 6.43. The number of aryl methyl sites for hydroxylation is 1. The lowest BCUT2D eigenvalue weighted by molar-refractivity contribution is 1.10. The van der Waals surface area contributed by atoms with Crippen LogP contribution in [0.2, 0.25) is 0 Å². The van der Waals surface area contributed by atoms with Crippen molar-refractivity contribution < 1.29 is 0 Å². The zero-order chi connectivity index (χ0) is 21.7. The fourth-order valence-corrected chi connectivity index (χ4v) is 5.01. The van der Waals surface area contributed by atoms with Gasteiger partial charge in [0.2, 0.25) is 0 Å². The Balaban J connectivity index is 1.70. The second kappa shape index (κ2) is 7.28. The van der Waals surface area contributed by atoms with Crippen molar-refractivity contribution in [1.82, 2.24) is 9.13 Å². The van der Waals surface area contributed by atoms with Gasteiger partial charge in [0.15, 0.2) is 0 Å². The first-order chi connectivity index (χ1) is 15.8. The smallest absolute Gasteiger partial charge is 0.0542 e. The van der Waals surface area contributed by atoms with E-state index in [4.69, 9.17) is 0 Å². The van der Waals surface area contributed by atoms with Crippen molar-refractivity contribution in [2.45, 2.75) is 13.8 Å². The van der Waals surface area contributed by atoms with Crippen LogP contribution in [0.15, 0.2) is 103 Å². The molecule has 6 aromatic rings. The molecule has 0 N–H and O–H groups in total. The molecule has 0 atom stereocenters. The van der Waals surface area contributed by atoms with Gasteiger partial charge in [0.25, 0.3) is 0 Å². The van der Waals surface area contributed by atoms with Crippen molar-refractivity contribution in [1.29, 1.82) is 0 Å². The lowest BCUT2D eigenvalue weighted by Gasteiger charge is -2.11. The maximum absolute atomic E-state index is 2.39. The number of nitrogens with zero attached hydrogens (tertiary/aromatic N) is 2. The number of para-hydroxylation sites is 3. The molecule has 2 heteroatoms. The van der Waals surface area contributed by atoms with Crippen molar-refractivity contribution >= 4 is 38.8 Å². The van der Waals surface area contributed by atoms with Crippen LogP contribution < -0.4 is 0 Å². The predicted molar refractivity (Wildman–Crippen MR) is 137 cm³/mol. The van der Waals surface area contributed by atoms with Gasteiger partial charge in [-0.1, -0.05) is 60.7 Å². The largest absolute Gasteiger partial charge is 0.310 e. The highest BCUT2D eigenvalue weighted by Crippen LogP contribution is 2.36. The predicted octanol–water partition coefficient (Wildman–Crippen LogP) is 8.07. The maximum Gasteiger partial charge on any atom is 0.0542 e.